The summed E-state index contributed by atoms with van der Waals surface area (Å²) in [5, 5.41) is 10.7. The van der Waals surface area contributed by atoms with Crippen LogP contribution in [0.25, 0.3) is 0 Å². The molecule has 6 heteroatoms. The van der Waals surface area contributed by atoms with Crippen LogP contribution in [0.3, 0.4) is 0 Å². The molecule has 0 fully saturated rings. The fourth-order valence-corrected chi connectivity index (χ4v) is 4.09. The van der Waals surface area contributed by atoms with Gasteiger partial charge in [0.2, 0.25) is 5.13 Å². The molecule has 0 amide bonds. The third-order valence-electron chi connectivity index (χ3n) is 4.15. The summed E-state index contributed by atoms with van der Waals surface area (Å²) in [5.41, 5.74) is 4.41. The van der Waals surface area contributed by atoms with Crippen LogP contribution in [0.5, 0.6) is 0 Å². The van der Waals surface area contributed by atoms with E-state index in [-0.39, 0.29) is 6.04 Å². The molecule has 0 N–H and O–H groups in total. The molecule has 1 unspecified atom stereocenters. The highest BCUT2D eigenvalue weighted by atomic mass is 79.9. The lowest BCUT2D eigenvalue weighted by Gasteiger charge is -2.21. The van der Waals surface area contributed by atoms with Crippen molar-refractivity contribution in [2.24, 2.45) is 5.10 Å². The van der Waals surface area contributed by atoms with Gasteiger partial charge in [0.05, 0.1) is 17.4 Å². The maximum absolute atomic E-state index is 6.06. The molecule has 0 aliphatic carbocycles. The Morgan fingerprint density at radius 3 is 2.48 bits per heavy atom. The Balaban J connectivity index is 1.73. The maximum Gasteiger partial charge on any atom is 0.206 e. The normalized spacial score (nSPS) is 17.0. The van der Waals surface area contributed by atoms with Crippen LogP contribution in [0.15, 0.2) is 63.5 Å². The van der Waals surface area contributed by atoms with Crippen molar-refractivity contribution >= 4 is 49.7 Å². The molecule has 25 heavy (non-hydrogen) atoms. The zero-order valence-corrected chi connectivity index (χ0v) is 16.6. The standard InChI is InChI=1S/C19H15BrClN3S/c1-12-11-25-19(22-12)24-18(14-4-8-16(21)9-5-14)10-17(23-24)13-2-6-15(20)7-3-13/h2-9,11,18H,10H2,1H3. The predicted molar refractivity (Wildman–Crippen MR) is 109 cm³/mol. The maximum atomic E-state index is 6.06. The molecule has 0 saturated heterocycles. The van der Waals surface area contributed by atoms with Crippen molar-refractivity contribution < 1.29 is 0 Å². The number of aromatic nitrogens is 1. The van der Waals surface area contributed by atoms with Gasteiger partial charge < -0.3 is 0 Å². The van der Waals surface area contributed by atoms with E-state index in [0.717, 1.165) is 38.0 Å². The summed E-state index contributed by atoms with van der Waals surface area (Å²) in [6, 6.07) is 16.4. The van der Waals surface area contributed by atoms with Gasteiger partial charge in [0.1, 0.15) is 0 Å². The lowest BCUT2D eigenvalue weighted by Crippen LogP contribution is -2.18. The van der Waals surface area contributed by atoms with Crippen molar-refractivity contribution in [1.29, 1.82) is 0 Å². The van der Waals surface area contributed by atoms with Crippen LogP contribution < -0.4 is 5.01 Å². The second-order valence-corrected chi connectivity index (χ2v) is 8.13. The van der Waals surface area contributed by atoms with Gasteiger partial charge in [-0.25, -0.2) is 9.99 Å². The molecule has 0 radical (unpaired) electrons. The molecule has 1 aliphatic heterocycles. The van der Waals surface area contributed by atoms with Gasteiger partial charge >= 0.3 is 0 Å². The molecular weight excluding hydrogens is 418 g/mol. The number of hydrazone groups is 1. The molecule has 126 valence electrons. The van der Waals surface area contributed by atoms with Crippen molar-refractivity contribution in [1.82, 2.24) is 4.98 Å². The van der Waals surface area contributed by atoms with Crippen LogP contribution in [0, 0.1) is 6.92 Å². The van der Waals surface area contributed by atoms with Gasteiger partial charge in [-0.3, -0.25) is 0 Å². The molecule has 1 aromatic heterocycles. The quantitative estimate of drug-likeness (QED) is 0.491. The molecule has 3 nitrogen and oxygen atoms in total. The van der Waals surface area contributed by atoms with Crippen LogP contribution in [-0.4, -0.2) is 10.7 Å². The summed E-state index contributed by atoms with van der Waals surface area (Å²) in [6.07, 6.45) is 0.835. The van der Waals surface area contributed by atoms with Crippen LogP contribution in [-0.2, 0) is 0 Å². The Morgan fingerprint density at radius 2 is 1.84 bits per heavy atom. The molecule has 0 spiro atoms. The topological polar surface area (TPSA) is 28.5 Å². The smallest absolute Gasteiger partial charge is 0.206 e. The van der Waals surface area contributed by atoms with E-state index in [9.17, 15) is 0 Å². The third-order valence-corrected chi connectivity index (χ3v) is 5.87. The first kappa shape index (κ1) is 16.8. The lowest BCUT2D eigenvalue weighted by atomic mass is 9.99. The highest BCUT2D eigenvalue weighted by molar-refractivity contribution is 9.10. The van der Waals surface area contributed by atoms with Gasteiger partial charge in [0.25, 0.3) is 0 Å². The van der Waals surface area contributed by atoms with Crippen LogP contribution in [0.4, 0.5) is 5.13 Å². The van der Waals surface area contributed by atoms with Crippen molar-refractivity contribution in [3.05, 3.63) is 80.2 Å². The van der Waals surface area contributed by atoms with Crippen LogP contribution in [0.2, 0.25) is 5.02 Å². The Bertz CT molecular complexity index is 919. The van der Waals surface area contributed by atoms with Gasteiger partial charge in [0, 0.05) is 21.3 Å². The minimum atomic E-state index is 0.126. The average Bonchev–Trinajstić information content (AvgIpc) is 3.23. The number of benzene rings is 2. The average molecular weight is 433 g/mol. The molecule has 1 aliphatic rings. The Morgan fingerprint density at radius 1 is 1.12 bits per heavy atom. The van der Waals surface area contributed by atoms with E-state index in [1.807, 2.05) is 36.2 Å². The molecule has 1 atom stereocenters. The number of thiazole rings is 1. The van der Waals surface area contributed by atoms with E-state index in [4.69, 9.17) is 16.7 Å². The summed E-state index contributed by atoms with van der Waals surface area (Å²) in [7, 11) is 0. The Labute approximate surface area is 164 Å². The zero-order chi connectivity index (χ0) is 17.4. The monoisotopic (exact) mass is 431 g/mol. The Kier molecular flexibility index (Phi) is 4.63. The van der Waals surface area contributed by atoms with Crippen LogP contribution in [0.1, 0.15) is 29.3 Å². The van der Waals surface area contributed by atoms with Gasteiger partial charge in [-0.05, 0) is 42.3 Å². The molecular formula is C19H15BrClN3S. The van der Waals surface area contributed by atoms with Crippen molar-refractivity contribution in [3.63, 3.8) is 0 Å². The molecule has 4 rings (SSSR count). The van der Waals surface area contributed by atoms with Gasteiger partial charge in [0.15, 0.2) is 0 Å². The number of halogens is 2. The number of rotatable bonds is 3. The SMILES string of the molecule is Cc1csc(N2N=C(c3ccc(Br)cc3)CC2c2ccc(Cl)cc2)n1. The summed E-state index contributed by atoms with van der Waals surface area (Å²) < 4.78 is 1.07. The molecule has 3 aromatic rings. The molecule has 0 saturated carbocycles. The number of hydrogen-bond acceptors (Lipinski definition) is 4. The number of nitrogens with zero attached hydrogens (tertiary/aromatic N) is 3. The fraction of sp³-hybridized carbons (Fsp3) is 0.158. The van der Waals surface area contributed by atoms with Crippen molar-refractivity contribution in [2.45, 2.75) is 19.4 Å². The molecule has 0 bridgehead atoms. The van der Waals surface area contributed by atoms with Crippen molar-refractivity contribution in [3.8, 4) is 0 Å². The van der Waals surface area contributed by atoms with E-state index >= 15 is 0 Å². The number of anilines is 1. The highest BCUT2D eigenvalue weighted by Gasteiger charge is 2.31. The second kappa shape index (κ2) is 6.90. The van der Waals surface area contributed by atoms with E-state index < -0.39 is 0 Å². The van der Waals surface area contributed by atoms with Gasteiger partial charge in [-0.1, -0.05) is 51.8 Å². The second-order valence-electron chi connectivity index (χ2n) is 5.94. The van der Waals surface area contributed by atoms with Crippen molar-refractivity contribution in [2.75, 3.05) is 5.01 Å². The fourth-order valence-electron chi connectivity index (χ4n) is 2.89. The predicted octanol–water partition coefficient (Wildman–Crippen LogP) is 6.22. The third kappa shape index (κ3) is 3.50. The lowest BCUT2D eigenvalue weighted by molar-refractivity contribution is 0.705. The summed E-state index contributed by atoms with van der Waals surface area (Å²) in [6.45, 7) is 2.01. The van der Waals surface area contributed by atoms with Gasteiger partial charge in [-0.2, -0.15) is 5.10 Å². The molecule has 2 heterocycles. The summed E-state index contributed by atoms with van der Waals surface area (Å²) in [5.74, 6) is 0. The van der Waals surface area contributed by atoms with Gasteiger partial charge in [-0.15, -0.1) is 11.3 Å². The number of aryl methyl sites for hydroxylation is 1. The number of hydrogen-bond donors (Lipinski definition) is 0. The molecule has 2 aromatic carbocycles. The highest BCUT2D eigenvalue weighted by Crippen LogP contribution is 2.38. The van der Waals surface area contributed by atoms with E-state index in [1.54, 1.807) is 11.3 Å². The zero-order valence-electron chi connectivity index (χ0n) is 13.5. The summed E-state index contributed by atoms with van der Waals surface area (Å²) in [4.78, 5) is 4.63. The van der Waals surface area contributed by atoms with Crippen LogP contribution >= 0.6 is 38.9 Å². The minimum absolute atomic E-state index is 0.126. The first-order valence-corrected chi connectivity index (χ1v) is 9.95. The minimum Gasteiger partial charge on any atom is -0.231 e. The first-order chi connectivity index (χ1) is 12.1. The Hall–Kier alpha value is -1.69. The van der Waals surface area contributed by atoms with E-state index in [2.05, 4.69) is 50.6 Å². The largest absolute Gasteiger partial charge is 0.231 e. The first-order valence-electron chi connectivity index (χ1n) is 7.90. The van der Waals surface area contributed by atoms with E-state index in [0.29, 0.717) is 0 Å². The van der Waals surface area contributed by atoms with E-state index in [1.165, 1.54) is 5.56 Å². The summed E-state index contributed by atoms with van der Waals surface area (Å²) >= 11 is 11.2.